The molecule has 0 unspecified atom stereocenters. The van der Waals surface area contributed by atoms with E-state index in [0.29, 0.717) is 0 Å². The van der Waals surface area contributed by atoms with Gasteiger partial charge in [0.2, 0.25) is 0 Å². The van der Waals surface area contributed by atoms with Crippen LogP contribution in [-0.4, -0.2) is 6.61 Å². The molecule has 0 spiro atoms. The van der Waals surface area contributed by atoms with E-state index in [4.69, 9.17) is 4.74 Å². The summed E-state index contributed by atoms with van der Waals surface area (Å²) in [6, 6.07) is 0. The van der Waals surface area contributed by atoms with E-state index in [1.165, 1.54) is 141 Å². The van der Waals surface area contributed by atoms with E-state index in [1.807, 2.05) is 0 Å². The van der Waals surface area contributed by atoms with E-state index in [0.717, 1.165) is 6.61 Å². The molecule has 0 radical (unpaired) electrons. The SMILES string of the molecule is C=COCCCCCCCCCCCCCCCCCCCCCCCC. The Labute approximate surface area is 172 Å². The lowest BCUT2D eigenvalue weighted by atomic mass is 10.0. The van der Waals surface area contributed by atoms with Crippen molar-refractivity contribution in [3.8, 4) is 0 Å². The number of ether oxygens (including phenoxy) is 1. The highest BCUT2D eigenvalue weighted by Gasteiger charge is 1.95. The summed E-state index contributed by atoms with van der Waals surface area (Å²) in [5.41, 5.74) is 0. The van der Waals surface area contributed by atoms with E-state index in [1.54, 1.807) is 6.26 Å². The smallest absolute Gasteiger partial charge is 0.0873 e. The van der Waals surface area contributed by atoms with Gasteiger partial charge in [0.25, 0.3) is 0 Å². The van der Waals surface area contributed by atoms with Gasteiger partial charge in [-0.1, -0.05) is 148 Å². The van der Waals surface area contributed by atoms with Gasteiger partial charge in [0.1, 0.15) is 0 Å². The molecule has 0 bridgehead atoms. The molecular formula is C26H52O. The van der Waals surface area contributed by atoms with Crippen molar-refractivity contribution in [3.05, 3.63) is 12.8 Å². The van der Waals surface area contributed by atoms with Crippen molar-refractivity contribution in [2.24, 2.45) is 0 Å². The molecule has 0 saturated heterocycles. The minimum absolute atomic E-state index is 0.850. The standard InChI is InChI=1S/C26H52O/c1-3-5-6-7-8-9-10-11-12-13-14-15-16-17-18-19-20-21-22-23-24-25-26-27-4-2/h4H,2-3,5-26H2,1H3. The van der Waals surface area contributed by atoms with Crippen LogP contribution in [0.2, 0.25) is 0 Å². The van der Waals surface area contributed by atoms with Crippen LogP contribution in [0.4, 0.5) is 0 Å². The van der Waals surface area contributed by atoms with Gasteiger partial charge in [-0.05, 0) is 6.42 Å². The Bertz CT molecular complexity index is 261. The third kappa shape index (κ3) is 25.5. The predicted molar refractivity (Wildman–Crippen MR) is 123 cm³/mol. The van der Waals surface area contributed by atoms with Crippen LogP contribution in [0, 0.1) is 0 Å². The molecule has 1 nitrogen and oxygen atoms in total. The molecule has 0 N–H and O–H groups in total. The molecule has 0 aliphatic rings. The lowest BCUT2D eigenvalue weighted by molar-refractivity contribution is 0.241. The van der Waals surface area contributed by atoms with Gasteiger partial charge in [-0.15, -0.1) is 0 Å². The Morgan fingerprint density at radius 3 is 0.963 bits per heavy atom. The fourth-order valence-corrected chi connectivity index (χ4v) is 3.88. The normalized spacial score (nSPS) is 11.0. The molecule has 0 heterocycles. The first kappa shape index (κ1) is 26.5. The highest BCUT2D eigenvalue weighted by atomic mass is 16.5. The van der Waals surface area contributed by atoms with Crippen LogP contribution in [0.5, 0.6) is 0 Å². The van der Waals surface area contributed by atoms with Crippen molar-refractivity contribution in [3.63, 3.8) is 0 Å². The lowest BCUT2D eigenvalue weighted by Gasteiger charge is -2.04. The highest BCUT2D eigenvalue weighted by molar-refractivity contribution is 4.52. The summed E-state index contributed by atoms with van der Waals surface area (Å²) in [4.78, 5) is 0. The van der Waals surface area contributed by atoms with E-state index >= 15 is 0 Å². The predicted octanol–water partition coefficient (Wildman–Crippen LogP) is 9.75. The Balaban J connectivity index is 2.96. The molecule has 0 aromatic heterocycles. The number of rotatable bonds is 24. The largest absolute Gasteiger partial charge is 0.502 e. The van der Waals surface area contributed by atoms with Crippen LogP contribution in [0.15, 0.2) is 12.8 Å². The van der Waals surface area contributed by atoms with Crippen molar-refractivity contribution in [1.29, 1.82) is 0 Å². The summed E-state index contributed by atoms with van der Waals surface area (Å²) in [5, 5.41) is 0. The quantitative estimate of drug-likeness (QED) is 0.119. The molecule has 1 heteroatoms. The Morgan fingerprint density at radius 2 is 0.704 bits per heavy atom. The van der Waals surface area contributed by atoms with Crippen molar-refractivity contribution in [2.45, 2.75) is 148 Å². The Morgan fingerprint density at radius 1 is 0.444 bits per heavy atom. The van der Waals surface area contributed by atoms with Gasteiger partial charge < -0.3 is 4.74 Å². The van der Waals surface area contributed by atoms with E-state index in [2.05, 4.69) is 13.5 Å². The van der Waals surface area contributed by atoms with Crippen LogP contribution < -0.4 is 0 Å². The molecule has 0 rings (SSSR count). The average molecular weight is 381 g/mol. The van der Waals surface area contributed by atoms with E-state index in [-0.39, 0.29) is 0 Å². The summed E-state index contributed by atoms with van der Waals surface area (Å²) < 4.78 is 5.14. The van der Waals surface area contributed by atoms with E-state index in [9.17, 15) is 0 Å². The molecule has 162 valence electrons. The minimum Gasteiger partial charge on any atom is -0.502 e. The Hall–Kier alpha value is -0.460. The van der Waals surface area contributed by atoms with Gasteiger partial charge in [0.05, 0.1) is 12.9 Å². The molecule has 0 aliphatic heterocycles. The Kier molecular flexibility index (Phi) is 25.1. The van der Waals surface area contributed by atoms with Crippen LogP contribution in [0.25, 0.3) is 0 Å². The molecule has 0 saturated carbocycles. The zero-order valence-electron chi connectivity index (χ0n) is 19.0. The highest BCUT2D eigenvalue weighted by Crippen LogP contribution is 2.15. The zero-order chi connectivity index (χ0) is 19.7. The summed E-state index contributed by atoms with van der Waals surface area (Å²) >= 11 is 0. The molecule has 0 fully saturated rings. The zero-order valence-corrected chi connectivity index (χ0v) is 19.0. The third-order valence-electron chi connectivity index (χ3n) is 5.73. The van der Waals surface area contributed by atoms with Crippen molar-refractivity contribution in [2.75, 3.05) is 6.61 Å². The van der Waals surface area contributed by atoms with Gasteiger partial charge in [0, 0.05) is 0 Å². The molecule has 0 atom stereocenters. The van der Waals surface area contributed by atoms with Crippen molar-refractivity contribution < 1.29 is 4.74 Å². The number of hydrogen-bond donors (Lipinski definition) is 0. The molecule has 0 aromatic rings. The maximum atomic E-state index is 5.14. The number of hydrogen-bond acceptors (Lipinski definition) is 1. The first-order chi connectivity index (χ1) is 13.4. The van der Waals surface area contributed by atoms with Gasteiger partial charge in [-0.25, -0.2) is 0 Å². The topological polar surface area (TPSA) is 9.23 Å². The van der Waals surface area contributed by atoms with Crippen molar-refractivity contribution in [1.82, 2.24) is 0 Å². The van der Waals surface area contributed by atoms with Crippen LogP contribution >= 0.6 is 0 Å². The fourth-order valence-electron chi connectivity index (χ4n) is 3.88. The van der Waals surface area contributed by atoms with Crippen LogP contribution in [0.1, 0.15) is 148 Å². The second-order valence-corrected chi connectivity index (χ2v) is 8.46. The molecule has 0 aromatic carbocycles. The lowest BCUT2D eigenvalue weighted by Crippen LogP contribution is -1.87. The summed E-state index contributed by atoms with van der Waals surface area (Å²) in [6.45, 7) is 6.71. The first-order valence-electron chi connectivity index (χ1n) is 12.6. The maximum Gasteiger partial charge on any atom is 0.0873 e. The summed E-state index contributed by atoms with van der Waals surface area (Å²) in [7, 11) is 0. The minimum atomic E-state index is 0.850. The van der Waals surface area contributed by atoms with Gasteiger partial charge in [-0.3, -0.25) is 0 Å². The number of unbranched alkanes of at least 4 members (excludes halogenated alkanes) is 21. The van der Waals surface area contributed by atoms with Gasteiger partial charge in [-0.2, -0.15) is 0 Å². The maximum absolute atomic E-state index is 5.14. The van der Waals surface area contributed by atoms with Gasteiger partial charge >= 0.3 is 0 Å². The summed E-state index contributed by atoms with van der Waals surface area (Å²) in [6.07, 6.45) is 33.1. The molecule has 0 aliphatic carbocycles. The second-order valence-electron chi connectivity index (χ2n) is 8.46. The fraction of sp³-hybridized carbons (Fsp3) is 0.923. The first-order valence-corrected chi connectivity index (χ1v) is 12.6. The summed E-state index contributed by atoms with van der Waals surface area (Å²) in [5.74, 6) is 0. The average Bonchev–Trinajstić information content (AvgIpc) is 2.68. The van der Waals surface area contributed by atoms with E-state index < -0.39 is 0 Å². The van der Waals surface area contributed by atoms with Crippen LogP contribution in [0.3, 0.4) is 0 Å². The van der Waals surface area contributed by atoms with Crippen LogP contribution in [-0.2, 0) is 4.74 Å². The van der Waals surface area contributed by atoms with Crippen molar-refractivity contribution >= 4 is 0 Å². The van der Waals surface area contributed by atoms with Gasteiger partial charge in [0.15, 0.2) is 0 Å². The monoisotopic (exact) mass is 380 g/mol. The molecule has 27 heavy (non-hydrogen) atoms. The molecule has 0 amide bonds. The molecular weight excluding hydrogens is 328 g/mol. The second kappa shape index (κ2) is 25.5. The third-order valence-corrected chi connectivity index (χ3v) is 5.73.